The Kier molecular flexibility index (Phi) is 5.13. The standard InChI is InChI=1S/C17H27N5O/c1-18-15-4-3-7-22(13-15)17(23)14-5-6-19-16(12-14)21-10-8-20(2)9-11-21/h5-6,12,15,18H,3-4,7-11,13H2,1-2H3. The number of likely N-dealkylation sites (N-methyl/N-ethyl adjacent to an activating group) is 2. The van der Waals surface area contributed by atoms with Gasteiger partial charge >= 0.3 is 0 Å². The molecule has 3 rings (SSSR count). The molecule has 2 aliphatic heterocycles. The first-order valence-electron chi connectivity index (χ1n) is 8.53. The average molecular weight is 317 g/mol. The van der Waals surface area contributed by atoms with Crippen LogP contribution in [0, 0.1) is 0 Å². The van der Waals surface area contributed by atoms with E-state index < -0.39 is 0 Å². The first kappa shape index (κ1) is 16.2. The predicted octanol–water partition coefficient (Wildman–Crippen LogP) is 0.657. The minimum Gasteiger partial charge on any atom is -0.354 e. The monoisotopic (exact) mass is 317 g/mol. The average Bonchev–Trinajstić information content (AvgIpc) is 2.62. The van der Waals surface area contributed by atoms with Crippen LogP contribution in [0.1, 0.15) is 23.2 Å². The van der Waals surface area contributed by atoms with Crippen molar-refractivity contribution >= 4 is 11.7 Å². The molecule has 3 heterocycles. The Balaban J connectivity index is 1.70. The summed E-state index contributed by atoms with van der Waals surface area (Å²) in [6.07, 6.45) is 3.97. The zero-order chi connectivity index (χ0) is 16.2. The van der Waals surface area contributed by atoms with E-state index in [1.54, 1.807) is 6.20 Å². The maximum absolute atomic E-state index is 12.8. The van der Waals surface area contributed by atoms with Gasteiger partial charge < -0.3 is 20.0 Å². The van der Waals surface area contributed by atoms with Gasteiger partial charge in [-0.3, -0.25) is 4.79 Å². The summed E-state index contributed by atoms with van der Waals surface area (Å²) in [7, 11) is 4.11. The van der Waals surface area contributed by atoms with E-state index in [4.69, 9.17) is 0 Å². The lowest BCUT2D eigenvalue weighted by molar-refractivity contribution is 0.0698. The zero-order valence-corrected chi connectivity index (χ0v) is 14.2. The number of likely N-dealkylation sites (tertiary alicyclic amines) is 1. The molecule has 0 saturated carbocycles. The summed E-state index contributed by atoms with van der Waals surface area (Å²) in [4.78, 5) is 23.8. The molecular formula is C17H27N5O. The topological polar surface area (TPSA) is 51.7 Å². The lowest BCUT2D eigenvalue weighted by Crippen LogP contribution is -2.47. The summed E-state index contributed by atoms with van der Waals surface area (Å²) in [5, 5.41) is 3.29. The predicted molar refractivity (Wildman–Crippen MR) is 91.9 cm³/mol. The van der Waals surface area contributed by atoms with Crippen molar-refractivity contribution in [3.63, 3.8) is 0 Å². The van der Waals surface area contributed by atoms with Gasteiger partial charge in [0.2, 0.25) is 0 Å². The molecule has 6 heteroatoms. The molecule has 2 aliphatic rings. The van der Waals surface area contributed by atoms with Crippen LogP contribution in [0.2, 0.25) is 0 Å². The second-order valence-corrected chi connectivity index (χ2v) is 6.57. The number of carbonyl (C=O) groups is 1. The number of hydrogen-bond acceptors (Lipinski definition) is 5. The molecule has 1 N–H and O–H groups in total. The molecule has 0 spiro atoms. The van der Waals surface area contributed by atoms with Gasteiger partial charge in [-0.25, -0.2) is 4.98 Å². The number of piperazine rings is 1. The van der Waals surface area contributed by atoms with Crippen LogP contribution in [-0.2, 0) is 0 Å². The Bertz CT molecular complexity index is 542. The summed E-state index contributed by atoms with van der Waals surface area (Å²) >= 11 is 0. The van der Waals surface area contributed by atoms with Crippen molar-refractivity contribution in [3.05, 3.63) is 23.9 Å². The molecule has 126 valence electrons. The molecule has 0 radical (unpaired) electrons. The highest BCUT2D eigenvalue weighted by Crippen LogP contribution is 2.18. The molecule has 1 atom stereocenters. The van der Waals surface area contributed by atoms with E-state index in [-0.39, 0.29) is 5.91 Å². The highest BCUT2D eigenvalue weighted by atomic mass is 16.2. The molecule has 1 amide bonds. The highest BCUT2D eigenvalue weighted by Gasteiger charge is 2.24. The third kappa shape index (κ3) is 3.82. The fourth-order valence-electron chi connectivity index (χ4n) is 3.34. The number of pyridine rings is 1. The van der Waals surface area contributed by atoms with Gasteiger partial charge in [-0.05, 0) is 39.1 Å². The number of nitrogens with zero attached hydrogens (tertiary/aromatic N) is 4. The van der Waals surface area contributed by atoms with Crippen molar-refractivity contribution in [2.24, 2.45) is 0 Å². The second-order valence-electron chi connectivity index (χ2n) is 6.57. The molecule has 6 nitrogen and oxygen atoms in total. The van der Waals surface area contributed by atoms with Crippen molar-refractivity contribution in [1.29, 1.82) is 0 Å². The first-order valence-corrected chi connectivity index (χ1v) is 8.53. The molecule has 0 aromatic carbocycles. The molecule has 2 fully saturated rings. The van der Waals surface area contributed by atoms with Crippen LogP contribution in [0.4, 0.5) is 5.82 Å². The van der Waals surface area contributed by atoms with E-state index in [0.29, 0.717) is 6.04 Å². The Morgan fingerprint density at radius 1 is 1.26 bits per heavy atom. The van der Waals surface area contributed by atoms with Crippen LogP contribution >= 0.6 is 0 Å². The molecule has 1 aromatic heterocycles. The summed E-state index contributed by atoms with van der Waals surface area (Å²) in [5.41, 5.74) is 0.755. The maximum atomic E-state index is 12.8. The van der Waals surface area contributed by atoms with Crippen LogP contribution in [0.25, 0.3) is 0 Å². The number of piperidine rings is 1. The van der Waals surface area contributed by atoms with Gasteiger partial charge in [0.1, 0.15) is 5.82 Å². The van der Waals surface area contributed by atoms with Crippen LogP contribution in [0.3, 0.4) is 0 Å². The minimum atomic E-state index is 0.128. The number of aromatic nitrogens is 1. The van der Waals surface area contributed by atoms with Crippen molar-refractivity contribution < 1.29 is 4.79 Å². The van der Waals surface area contributed by atoms with Gasteiger partial charge in [-0.2, -0.15) is 0 Å². The molecule has 2 saturated heterocycles. The molecule has 1 aromatic rings. The smallest absolute Gasteiger partial charge is 0.254 e. The maximum Gasteiger partial charge on any atom is 0.254 e. The van der Waals surface area contributed by atoms with E-state index >= 15 is 0 Å². The van der Waals surface area contributed by atoms with Crippen LogP contribution in [-0.4, -0.2) is 80.1 Å². The summed E-state index contributed by atoms with van der Waals surface area (Å²) in [6.45, 7) is 5.65. The number of amides is 1. The van der Waals surface area contributed by atoms with Gasteiger partial charge in [-0.15, -0.1) is 0 Å². The van der Waals surface area contributed by atoms with E-state index in [2.05, 4.69) is 27.1 Å². The number of nitrogens with one attached hydrogen (secondary N) is 1. The number of carbonyl (C=O) groups excluding carboxylic acids is 1. The molecule has 1 unspecified atom stereocenters. The van der Waals surface area contributed by atoms with Crippen LogP contribution < -0.4 is 10.2 Å². The third-order valence-electron chi connectivity index (χ3n) is 4.94. The molecule has 0 bridgehead atoms. The van der Waals surface area contributed by atoms with Crippen molar-refractivity contribution in [2.75, 3.05) is 58.3 Å². The number of rotatable bonds is 3. The second kappa shape index (κ2) is 7.27. The fourth-order valence-corrected chi connectivity index (χ4v) is 3.34. The zero-order valence-electron chi connectivity index (χ0n) is 14.2. The SMILES string of the molecule is CNC1CCCN(C(=O)c2ccnc(N3CCN(C)CC3)c2)C1. The van der Waals surface area contributed by atoms with E-state index in [1.165, 1.54) is 0 Å². The summed E-state index contributed by atoms with van der Waals surface area (Å²) in [6, 6.07) is 4.20. The number of hydrogen-bond donors (Lipinski definition) is 1. The van der Waals surface area contributed by atoms with Gasteiger partial charge in [-0.1, -0.05) is 0 Å². The minimum absolute atomic E-state index is 0.128. The van der Waals surface area contributed by atoms with Crippen LogP contribution in [0.5, 0.6) is 0 Å². The van der Waals surface area contributed by atoms with E-state index in [9.17, 15) is 4.79 Å². The lowest BCUT2D eigenvalue weighted by atomic mass is 10.0. The summed E-state index contributed by atoms with van der Waals surface area (Å²) in [5.74, 6) is 1.05. The van der Waals surface area contributed by atoms with E-state index in [0.717, 1.165) is 63.5 Å². The van der Waals surface area contributed by atoms with Crippen molar-refractivity contribution in [2.45, 2.75) is 18.9 Å². The molecule has 0 aliphatic carbocycles. The summed E-state index contributed by atoms with van der Waals surface area (Å²) < 4.78 is 0. The Hall–Kier alpha value is -1.66. The largest absolute Gasteiger partial charge is 0.354 e. The first-order chi connectivity index (χ1) is 11.2. The van der Waals surface area contributed by atoms with Gasteiger partial charge in [0.05, 0.1) is 0 Å². The lowest BCUT2D eigenvalue weighted by Gasteiger charge is -2.34. The Morgan fingerprint density at radius 3 is 2.78 bits per heavy atom. The van der Waals surface area contributed by atoms with E-state index in [1.807, 2.05) is 24.1 Å². The normalized spacial score (nSPS) is 23.1. The van der Waals surface area contributed by atoms with Crippen molar-refractivity contribution in [1.82, 2.24) is 20.1 Å². The molecule has 23 heavy (non-hydrogen) atoms. The van der Waals surface area contributed by atoms with Gasteiger partial charge in [0.25, 0.3) is 5.91 Å². The highest BCUT2D eigenvalue weighted by molar-refractivity contribution is 5.95. The Labute approximate surface area is 138 Å². The Morgan fingerprint density at radius 2 is 2.04 bits per heavy atom. The van der Waals surface area contributed by atoms with Crippen molar-refractivity contribution in [3.8, 4) is 0 Å². The quantitative estimate of drug-likeness (QED) is 0.887. The molecular weight excluding hydrogens is 290 g/mol. The van der Waals surface area contributed by atoms with Gasteiger partial charge in [0.15, 0.2) is 0 Å². The third-order valence-corrected chi connectivity index (χ3v) is 4.94. The van der Waals surface area contributed by atoms with Crippen LogP contribution in [0.15, 0.2) is 18.3 Å². The van der Waals surface area contributed by atoms with Gasteiger partial charge in [0, 0.05) is 57.1 Å². The fraction of sp³-hybridized carbons (Fsp3) is 0.647. The number of anilines is 1.